The second kappa shape index (κ2) is 8.65. The van der Waals surface area contributed by atoms with Gasteiger partial charge in [-0.25, -0.2) is 0 Å². The highest BCUT2D eigenvalue weighted by Gasteiger charge is 2.27. The molecule has 1 atom stereocenters. The summed E-state index contributed by atoms with van der Waals surface area (Å²) >= 11 is 0. The fourth-order valence-corrected chi connectivity index (χ4v) is 3.21. The third-order valence-corrected chi connectivity index (χ3v) is 4.30. The Kier molecular flexibility index (Phi) is 6.57. The van der Waals surface area contributed by atoms with Gasteiger partial charge in [-0.2, -0.15) is 0 Å². The lowest BCUT2D eigenvalue weighted by Crippen LogP contribution is -2.49. The first-order chi connectivity index (χ1) is 11.5. The molecular formula is C17H24N2O5. The van der Waals surface area contributed by atoms with E-state index in [0.717, 1.165) is 19.3 Å². The molecular weight excluding hydrogens is 312 g/mol. The van der Waals surface area contributed by atoms with Crippen molar-refractivity contribution in [1.29, 1.82) is 0 Å². The van der Waals surface area contributed by atoms with Crippen molar-refractivity contribution >= 4 is 11.9 Å². The molecule has 3 N–H and O–H groups in total. The molecule has 0 spiro atoms. The monoisotopic (exact) mass is 336 g/mol. The lowest BCUT2D eigenvalue weighted by molar-refractivity contribution is -0.141. The number of hydrogen-bond acceptors (Lipinski definition) is 5. The minimum absolute atomic E-state index is 0.0139. The number of benzene rings is 1. The molecule has 0 unspecified atom stereocenters. The van der Waals surface area contributed by atoms with Crippen LogP contribution in [0.1, 0.15) is 24.8 Å². The van der Waals surface area contributed by atoms with E-state index in [1.807, 2.05) is 4.90 Å². The number of likely N-dealkylation sites (tertiary alicyclic amines) is 1. The van der Waals surface area contributed by atoms with Crippen molar-refractivity contribution in [2.24, 2.45) is 0 Å². The van der Waals surface area contributed by atoms with Crippen molar-refractivity contribution < 1.29 is 24.9 Å². The van der Waals surface area contributed by atoms with Gasteiger partial charge in [0.05, 0.1) is 13.1 Å². The Balaban J connectivity index is 2.07. The summed E-state index contributed by atoms with van der Waals surface area (Å²) in [7, 11) is 0. The minimum atomic E-state index is -0.939. The van der Waals surface area contributed by atoms with Crippen molar-refractivity contribution in [1.82, 2.24) is 9.80 Å². The van der Waals surface area contributed by atoms with Crippen LogP contribution in [0.5, 0.6) is 5.75 Å². The van der Waals surface area contributed by atoms with Gasteiger partial charge in [-0.1, -0.05) is 24.6 Å². The summed E-state index contributed by atoms with van der Waals surface area (Å²) in [5.74, 6) is -1.67. The van der Waals surface area contributed by atoms with E-state index in [0.29, 0.717) is 25.2 Å². The molecule has 7 heteroatoms. The van der Waals surface area contributed by atoms with Crippen LogP contribution in [0.25, 0.3) is 0 Å². The topological polar surface area (TPSA) is 101 Å². The summed E-state index contributed by atoms with van der Waals surface area (Å²) in [5.41, 5.74) is 0.666. The Labute approximate surface area is 141 Å². The van der Waals surface area contributed by atoms with E-state index in [2.05, 4.69) is 0 Å². The van der Waals surface area contributed by atoms with Gasteiger partial charge in [-0.15, -0.1) is 0 Å². The largest absolute Gasteiger partial charge is 0.508 e. The van der Waals surface area contributed by atoms with Crippen LogP contribution in [0.4, 0.5) is 0 Å². The predicted molar refractivity (Wildman–Crippen MR) is 87.9 cm³/mol. The maximum Gasteiger partial charge on any atom is 0.317 e. The standard InChI is InChI=1S/C17H24N2O5/c20-15-7-2-1-5-13(15)9-18(11-16(21)22)10-14-6-3-4-8-19(14)12-17(23)24/h1-2,5,7,14,20H,3-4,6,8-12H2,(H,21,22)(H,23,24)/t14-/m1/s1. The van der Waals surface area contributed by atoms with Gasteiger partial charge in [0.25, 0.3) is 0 Å². The molecule has 0 saturated carbocycles. The molecule has 0 bridgehead atoms. The van der Waals surface area contributed by atoms with Crippen LogP contribution in [0.2, 0.25) is 0 Å². The molecule has 0 aliphatic carbocycles. The number of carboxylic acid groups (broad SMARTS) is 2. The molecule has 2 rings (SSSR count). The van der Waals surface area contributed by atoms with E-state index >= 15 is 0 Å². The maximum absolute atomic E-state index is 11.2. The molecule has 1 aromatic carbocycles. The third kappa shape index (κ3) is 5.50. The highest BCUT2D eigenvalue weighted by molar-refractivity contribution is 5.69. The third-order valence-electron chi connectivity index (χ3n) is 4.30. The predicted octanol–water partition coefficient (Wildman–Crippen LogP) is 1.22. The second-order valence-corrected chi connectivity index (χ2v) is 6.21. The SMILES string of the molecule is O=C(O)CN(Cc1ccccc1O)C[C@H]1CCCCN1CC(=O)O. The highest BCUT2D eigenvalue weighted by atomic mass is 16.4. The van der Waals surface area contributed by atoms with E-state index in [1.54, 1.807) is 29.2 Å². The van der Waals surface area contributed by atoms with Crippen LogP contribution in [0, 0.1) is 0 Å². The normalized spacial score (nSPS) is 18.6. The summed E-state index contributed by atoms with van der Waals surface area (Å²) in [6.45, 7) is 1.33. The Morgan fingerprint density at radius 1 is 1.17 bits per heavy atom. The molecule has 1 aliphatic rings. The molecule has 0 amide bonds. The summed E-state index contributed by atoms with van der Waals surface area (Å²) < 4.78 is 0. The maximum atomic E-state index is 11.2. The minimum Gasteiger partial charge on any atom is -0.508 e. The van der Waals surface area contributed by atoms with Crippen LogP contribution in [0.3, 0.4) is 0 Å². The molecule has 0 aromatic heterocycles. The number of para-hydroxylation sites is 1. The molecule has 7 nitrogen and oxygen atoms in total. The Hall–Kier alpha value is -2.12. The molecule has 132 valence electrons. The van der Waals surface area contributed by atoms with Crippen molar-refractivity contribution in [3.8, 4) is 5.75 Å². The first-order valence-electron chi connectivity index (χ1n) is 8.12. The van der Waals surface area contributed by atoms with Gasteiger partial charge in [0.2, 0.25) is 0 Å². The van der Waals surface area contributed by atoms with Crippen LogP contribution in [-0.4, -0.2) is 69.3 Å². The molecule has 1 fully saturated rings. The average Bonchev–Trinajstić information content (AvgIpc) is 2.50. The van der Waals surface area contributed by atoms with E-state index < -0.39 is 11.9 Å². The number of nitrogens with zero attached hydrogens (tertiary/aromatic N) is 2. The Morgan fingerprint density at radius 3 is 2.58 bits per heavy atom. The number of carbonyl (C=O) groups is 2. The second-order valence-electron chi connectivity index (χ2n) is 6.21. The molecule has 1 saturated heterocycles. The average molecular weight is 336 g/mol. The Bertz CT molecular complexity index is 578. The molecule has 0 radical (unpaired) electrons. The van der Waals surface area contributed by atoms with Crippen molar-refractivity contribution in [3.63, 3.8) is 0 Å². The summed E-state index contributed by atoms with van der Waals surface area (Å²) in [5, 5.41) is 28.1. The van der Waals surface area contributed by atoms with Crippen LogP contribution in [-0.2, 0) is 16.1 Å². The number of phenols is 1. The first kappa shape index (κ1) is 18.2. The summed E-state index contributed by atoms with van der Waals surface area (Å²) in [4.78, 5) is 25.9. The van der Waals surface area contributed by atoms with Gasteiger partial charge in [-0.3, -0.25) is 19.4 Å². The van der Waals surface area contributed by atoms with E-state index in [1.165, 1.54) is 0 Å². The first-order valence-corrected chi connectivity index (χ1v) is 8.12. The number of aromatic hydroxyl groups is 1. The van der Waals surface area contributed by atoms with E-state index in [-0.39, 0.29) is 24.9 Å². The van der Waals surface area contributed by atoms with Crippen LogP contribution < -0.4 is 0 Å². The zero-order valence-electron chi connectivity index (χ0n) is 13.6. The van der Waals surface area contributed by atoms with Gasteiger partial charge in [-0.05, 0) is 25.5 Å². The van der Waals surface area contributed by atoms with E-state index in [4.69, 9.17) is 10.2 Å². The van der Waals surface area contributed by atoms with Gasteiger partial charge >= 0.3 is 11.9 Å². The number of carboxylic acids is 2. The van der Waals surface area contributed by atoms with E-state index in [9.17, 15) is 14.7 Å². The van der Waals surface area contributed by atoms with Gasteiger partial charge in [0, 0.05) is 24.7 Å². The summed E-state index contributed by atoms with van der Waals surface area (Å²) in [6, 6.07) is 6.87. The lowest BCUT2D eigenvalue weighted by Gasteiger charge is -2.37. The fourth-order valence-electron chi connectivity index (χ4n) is 3.21. The van der Waals surface area contributed by atoms with Crippen LogP contribution in [0.15, 0.2) is 24.3 Å². The van der Waals surface area contributed by atoms with Gasteiger partial charge < -0.3 is 15.3 Å². The zero-order valence-corrected chi connectivity index (χ0v) is 13.6. The Morgan fingerprint density at radius 2 is 1.92 bits per heavy atom. The van der Waals surface area contributed by atoms with Crippen molar-refractivity contribution in [2.45, 2.75) is 31.8 Å². The number of piperidine rings is 1. The molecule has 1 aliphatic heterocycles. The van der Waals surface area contributed by atoms with Gasteiger partial charge in [0.15, 0.2) is 0 Å². The van der Waals surface area contributed by atoms with Gasteiger partial charge in [0.1, 0.15) is 5.75 Å². The smallest absolute Gasteiger partial charge is 0.317 e. The van der Waals surface area contributed by atoms with Crippen molar-refractivity contribution in [3.05, 3.63) is 29.8 Å². The summed E-state index contributed by atoms with van der Waals surface area (Å²) in [6.07, 6.45) is 2.82. The lowest BCUT2D eigenvalue weighted by atomic mass is 10.0. The van der Waals surface area contributed by atoms with Crippen molar-refractivity contribution in [2.75, 3.05) is 26.2 Å². The fraction of sp³-hybridized carbons (Fsp3) is 0.529. The zero-order chi connectivity index (χ0) is 17.5. The molecule has 24 heavy (non-hydrogen) atoms. The number of rotatable bonds is 8. The van der Waals surface area contributed by atoms with Crippen LogP contribution >= 0.6 is 0 Å². The highest BCUT2D eigenvalue weighted by Crippen LogP contribution is 2.21. The quantitative estimate of drug-likeness (QED) is 0.656. The number of hydrogen-bond donors (Lipinski definition) is 3. The molecule has 1 aromatic rings. The number of aliphatic carboxylic acids is 2. The molecule has 1 heterocycles. The number of phenolic OH excluding ortho intramolecular Hbond substituents is 1.